The Balaban J connectivity index is 0.000000325. The van der Waals surface area contributed by atoms with Crippen LogP contribution in [0.1, 0.15) is 5.01 Å². The maximum Gasteiger partial charge on any atom is 0.490 e. The number of hydrogen-bond donors (Lipinski definition) is 2. The summed E-state index contributed by atoms with van der Waals surface area (Å²) in [5, 5.41) is 14.4. The van der Waals surface area contributed by atoms with Crippen molar-refractivity contribution < 1.29 is 32.5 Å². The highest BCUT2D eigenvalue weighted by atomic mass is 32.1. The van der Waals surface area contributed by atoms with E-state index in [0.717, 1.165) is 44.4 Å². The quantitative estimate of drug-likeness (QED) is 0.436. The molecular weight excluding hydrogens is 461 g/mol. The van der Waals surface area contributed by atoms with Crippen LogP contribution >= 0.6 is 11.3 Å². The number of carbonyl (C=O) groups is 1. The minimum Gasteiger partial charge on any atom is -0.475 e. The fourth-order valence-electron chi connectivity index (χ4n) is 2.95. The summed E-state index contributed by atoms with van der Waals surface area (Å²) in [6, 6.07) is 12.1. The van der Waals surface area contributed by atoms with Crippen molar-refractivity contribution in [1.29, 1.82) is 0 Å². The number of ether oxygens (including phenoxy) is 2. The molecular formula is C21H15F3N4O4S. The van der Waals surface area contributed by atoms with Crippen molar-refractivity contribution >= 4 is 34.0 Å². The fraction of sp³-hybridized carbons (Fsp3) is 0.143. The highest BCUT2D eigenvalue weighted by Gasteiger charge is 2.38. The first-order chi connectivity index (χ1) is 15.8. The Morgan fingerprint density at radius 1 is 1.06 bits per heavy atom. The third-order valence-electron chi connectivity index (χ3n) is 4.47. The molecule has 0 unspecified atom stereocenters. The molecule has 4 aromatic rings. The van der Waals surface area contributed by atoms with Gasteiger partial charge in [-0.2, -0.15) is 13.2 Å². The fourth-order valence-corrected chi connectivity index (χ4v) is 3.51. The molecule has 2 aromatic carbocycles. The third-order valence-corrected chi connectivity index (χ3v) is 5.25. The van der Waals surface area contributed by atoms with Crippen molar-refractivity contribution in [3.05, 3.63) is 59.3 Å². The van der Waals surface area contributed by atoms with E-state index in [1.54, 1.807) is 23.9 Å². The SMILES string of the molecule is O=C(O)C(F)(F)F.c1csc(CNc2ncnc3ccc(-c4ccc5c(c4)OCO5)cc23)n1. The molecule has 170 valence electrons. The van der Waals surface area contributed by atoms with E-state index in [0.29, 0.717) is 6.54 Å². The lowest BCUT2D eigenvalue weighted by molar-refractivity contribution is -0.192. The molecule has 8 nitrogen and oxygen atoms in total. The summed E-state index contributed by atoms with van der Waals surface area (Å²) in [6.07, 6.45) is -1.70. The number of halogens is 3. The number of thiazole rings is 1. The lowest BCUT2D eigenvalue weighted by Gasteiger charge is -2.09. The van der Waals surface area contributed by atoms with Gasteiger partial charge < -0.3 is 19.9 Å². The first-order valence-electron chi connectivity index (χ1n) is 9.38. The number of aromatic nitrogens is 3. The van der Waals surface area contributed by atoms with E-state index in [4.69, 9.17) is 19.4 Å². The number of nitrogens with zero attached hydrogens (tertiary/aromatic N) is 3. The van der Waals surface area contributed by atoms with Crippen LogP contribution in [0, 0.1) is 0 Å². The van der Waals surface area contributed by atoms with Crippen LogP contribution in [0.4, 0.5) is 19.0 Å². The molecule has 0 atom stereocenters. The molecule has 12 heteroatoms. The molecule has 5 rings (SSSR count). The summed E-state index contributed by atoms with van der Waals surface area (Å²) < 4.78 is 42.6. The smallest absolute Gasteiger partial charge is 0.475 e. The van der Waals surface area contributed by atoms with E-state index in [1.165, 1.54) is 0 Å². The molecule has 0 saturated carbocycles. The second kappa shape index (κ2) is 9.28. The number of rotatable bonds is 4. The first-order valence-corrected chi connectivity index (χ1v) is 10.3. The average molecular weight is 476 g/mol. The number of benzene rings is 2. The summed E-state index contributed by atoms with van der Waals surface area (Å²) in [4.78, 5) is 22.0. The van der Waals surface area contributed by atoms with Gasteiger partial charge in [-0.1, -0.05) is 12.1 Å². The van der Waals surface area contributed by atoms with Gasteiger partial charge in [0.1, 0.15) is 17.2 Å². The molecule has 0 saturated heterocycles. The standard InChI is InChI=1S/C19H14N4O2S.C2HF3O2/c1-3-15-14(19(23-10-22-15)21-9-18-20-5-6-26-18)7-12(1)13-2-4-16-17(8-13)25-11-24-16;3-2(4,5)1(6)7/h1-8,10H,9,11H2,(H,21,22,23);(H,6,7). The number of alkyl halides is 3. The first kappa shape index (κ1) is 22.3. The monoisotopic (exact) mass is 476 g/mol. The van der Waals surface area contributed by atoms with Gasteiger partial charge in [0.2, 0.25) is 6.79 Å². The Morgan fingerprint density at radius 2 is 1.79 bits per heavy atom. The van der Waals surface area contributed by atoms with Gasteiger partial charge >= 0.3 is 12.1 Å². The Hall–Kier alpha value is -3.93. The van der Waals surface area contributed by atoms with E-state index in [2.05, 4.69) is 32.4 Å². The zero-order valence-corrected chi connectivity index (χ0v) is 17.5. The molecule has 0 amide bonds. The maximum absolute atomic E-state index is 10.6. The Bertz CT molecular complexity index is 1280. The largest absolute Gasteiger partial charge is 0.490 e. The normalized spacial score (nSPS) is 12.2. The molecule has 2 aromatic heterocycles. The van der Waals surface area contributed by atoms with E-state index in [9.17, 15) is 13.2 Å². The van der Waals surface area contributed by atoms with Gasteiger partial charge in [0.15, 0.2) is 11.5 Å². The molecule has 0 aliphatic carbocycles. The third kappa shape index (κ3) is 5.29. The molecule has 3 heterocycles. The summed E-state index contributed by atoms with van der Waals surface area (Å²) in [5.41, 5.74) is 3.03. The second-order valence-corrected chi connectivity index (χ2v) is 7.58. The highest BCUT2D eigenvalue weighted by molar-refractivity contribution is 7.09. The highest BCUT2D eigenvalue weighted by Crippen LogP contribution is 2.36. The topological polar surface area (TPSA) is 106 Å². The van der Waals surface area contributed by atoms with Crippen molar-refractivity contribution in [3.63, 3.8) is 0 Å². The zero-order chi connectivity index (χ0) is 23.4. The number of aliphatic carboxylic acids is 1. The number of nitrogens with one attached hydrogen (secondary N) is 1. The summed E-state index contributed by atoms with van der Waals surface area (Å²) in [5.74, 6) is -0.405. The molecule has 1 aliphatic rings. The van der Waals surface area contributed by atoms with Crippen LogP contribution in [0.5, 0.6) is 11.5 Å². The number of fused-ring (bicyclic) bond motifs is 2. The van der Waals surface area contributed by atoms with Crippen LogP contribution < -0.4 is 14.8 Å². The molecule has 0 spiro atoms. The minimum absolute atomic E-state index is 0.273. The summed E-state index contributed by atoms with van der Waals surface area (Å²) in [6.45, 7) is 0.910. The van der Waals surface area contributed by atoms with Crippen LogP contribution in [0.15, 0.2) is 54.3 Å². The van der Waals surface area contributed by atoms with Gasteiger partial charge in [-0.25, -0.2) is 19.7 Å². The zero-order valence-electron chi connectivity index (χ0n) is 16.7. The Kier molecular flexibility index (Phi) is 6.27. The predicted octanol–water partition coefficient (Wildman–Crippen LogP) is 4.73. The summed E-state index contributed by atoms with van der Waals surface area (Å²) >= 11 is 1.62. The average Bonchev–Trinajstić information content (AvgIpc) is 3.48. The van der Waals surface area contributed by atoms with Gasteiger partial charge in [0.05, 0.1) is 12.1 Å². The van der Waals surface area contributed by atoms with Crippen molar-refractivity contribution in [2.45, 2.75) is 12.7 Å². The van der Waals surface area contributed by atoms with E-state index in [1.807, 2.05) is 29.6 Å². The number of carboxylic acids is 1. The molecule has 1 aliphatic heterocycles. The van der Waals surface area contributed by atoms with Gasteiger partial charge in [0, 0.05) is 17.0 Å². The molecule has 33 heavy (non-hydrogen) atoms. The van der Waals surface area contributed by atoms with E-state index < -0.39 is 12.1 Å². The van der Waals surface area contributed by atoms with Crippen LogP contribution in [0.25, 0.3) is 22.0 Å². The van der Waals surface area contributed by atoms with Crippen LogP contribution in [0.2, 0.25) is 0 Å². The van der Waals surface area contributed by atoms with Gasteiger partial charge in [-0.05, 0) is 35.4 Å². The van der Waals surface area contributed by atoms with E-state index in [-0.39, 0.29) is 6.79 Å². The van der Waals surface area contributed by atoms with Gasteiger partial charge in [-0.3, -0.25) is 0 Å². The van der Waals surface area contributed by atoms with Crippen molar-refractivity contribution in [2.75, 3.05) is 12.1 Å². The molecule has 0 bridgehead atoms. The number of anilines is 1. The van der Waals surface area contributed by atoms with Crippen LogP contribution in [-0.4, -0.2) is 39.0 Å². The van der Waals surface area contributed by atoms with Crippen LogP contribution in [0.3, 0.4) is 0 Å². The van der Waals surface area contributed by atoms with Crippen molar-refractivity contribution in [1.82, 2.24) is 15.0 Å². The van der Waals surface area contributed by atoms with Crippen molar-refractivity contribution in [2.24, 2.45) is 0 Å². The number of hydrogen-bond acceptors (Lipinski definition) is 8. The lowest BCUT2D eigenvalue weighted by Crippen LogP contribution is -2.21. The van der Waals surface area contributed by atoms with Gasteiger partial charge in [-0.15, -0.1) is 11.3 Å². The second-order valence-electron chi connectivity index (χ2n) is 6.60. The van der Waals surface area contributed by atoms with Crippen LogP contribution in [-0.2, 0) is 11.3 Å². The molecule has 0 radical (unpaired) electrons. The molecule has 2 N–H and O–H groups in total. The van der Waals surface area contributed by atoms with E-state index >= 15 is 0 Å². The lowest BCUT2D eigenvalue weighted by atomic mass is 10.0. The Morgan fingerprint density at radius 3 is 2.52 bits per heavy atom. The molecule has 0 fully saturated rings. The summed E-state index contributed by atoms with van der Waals surface area (Å²) in [7, 11) is 0. The number of carboxylic acid groups (broad SMARTS) is 1. The Labute approximate surface area is 188 Å². The maximum atomic E-state index is 10.6. The minimum atomic E-state index is -5.08. The predicted molar refractivity (Wildman–Crippen MR) is 114 cm³/mol. The van der Waals surface area contributed by atoms with Gasteiger partial charge in [0.25, 0.3) is 0 Å². The van der Waals surface area contributed by atoms with Crippen molar-refractivity contribution in [3.8, 4) is 22.6 Å².